The number of methoxy groups -OCH3 is 1. The Bertz CT molecular complexity index is 112. The van der Waals surface area contributed by atoms with Crippen molar-refractivity contribution in [3.63, 3.8) is 0 Å². The van der Waals surface area contributed by atoms with Gasteiger partial charge in [-0.05, 0) is 6.42 Å². The molecule has 4 heteroatoms. The molecule has 0 aliphatic carbocycles. The summed E-state index contributed by atoms with van der Waals surface area (Å²) in [7, 11) is 1.46. The van der Waals surface area contributed by atoms with Gasteiger partial charge in [0.25, 0.3) is 0 Å². The van der Waals surface area contributed by atoms with Crippen molar-refractivity contribution in [2.45, 2.75) is 19.4 Å². The molecule has 0 aliphatic rings. The van der Waals surface area contributed by atoms with E-state index < -0.39 is 0 Å². The predicted octanol–water partition coefficient (Wildman–Crippen LogP) is -0.480. The summed E-state index contributed by atoms with van der Waals surface area (Å²) in [5, 5.41) is 11.3. The number of aliphatic hydroxyl groups is 1. The van der Waals surface area contributed by atoms with Crippen LogP contribution in [0.25, 0.3) is 0 Å². The summed E-state index contributed by atoms with van der Waals surface area (Å²) in [5.41, 5.74) is 0. The number of hydrogen-bond donors (Lipinski definition) is 2. The van der Waals surface area contributed by atoms with Crippen LogP contribution in [-0.2, 0) is 9.53 Å². The maximum Gasteiger partial charge on any atom is 0.246 e. The standard InChI is InChI=1S/C7H15NO3/c1-3-6(4-9)8-7(10)5-11-2/h6,9H,3-5H2,1-2H3,(H,8,10)/t6-/m0/s1. The molecule has 0 saturated heterocycles. The molecule has 0 radical (unpaired) electrons. The molecule has 0 heterocycles. The van der Waals surface area contributed by atoms with Crippen molar-refractivity contribution in [2.75, 3.05) is 20.3 Å². The summed E-state index contributed by atoms with van der Waals surface area (Å²) >= 11 is 0. The minimum Gasteiger partial charge on any atom is -0.394 e. The van der Waals surface area contributed by atoms with Crippen LogP contribution in [0.3, 0.4) is 0 Å². The molecule has 0 saturated carbocycles. The molecule has 66 valence electrons. The van der Waals surface area contributed by atoms with Gasteiger partial charge in [0.2, 0.25) is 5.91 Å². The maximum atomic E-state index is 10.8. The third-order valence-corrected chi connectivity index (χ3v) is 1.35. The van der Waals surface area contributed by atoms with Crippen LogP contribution in [0.5, 0.6) is 0 Å². The van der Waals surface area contributed by atoms with Crippen LogP contribution in [0.4, 0.5) is 0 Å². The lowest BCUT2D eigenvalue weighted by Gasteiger charge is -2.12. The summed E-state index contributed by atoms with van der Waals surface area (Å²) in [6.07, 6.45) is 0.728. The van der Waals surface area contributed by atoms with Gasteiger partial charge in [-0.15, -0.1) is 0 Å². The van der Waals surface area contributed by atoms with Gasteiger partial charge in [0, 0.05) is 7.11 Å². The number of carbonyl (C=O) groups excluding carboxylic acids is 1. The highest BCUT2D eigenvalue weighted by molar-refractivity contribution is 5.77. The molecule has 1 atom stereocenters. The quantitative estimate of drug-likeness (QED) is 0.572. The number of rotatable bonds is 5. The molecule has 0 bridgehead atoms. The van der Waals surface area contributed by atoms with E-state index in [9.17, 15) is 4.79 Å². The van der Waals surface area contributed by atoms with Crippen LogP contribution < -0.4 is 5.32 Å². The van der Waals surface area contributed by atoms with E-state index in [0.29, 0.717) is 0 Å². The minimum absolute atomic E-state index is 0.0219. The Hall–Kier alpha value is -0.610. The van der Waals surface area contributed by atoms with Crippen molar-refractivity contribution >= 4 is 5.91 Å². The van der Waals surface area contributed by atoms with Crippen molar-refractivity contribution in [1.82, 2.24) is 5.32 Å². The van der Waals surface area contributed by atoms with Crippen LogP contribution in [-0.4, -0.2) is 37.4 Å². The molecule has 1 amide bonds. The Balaban J connectivity index is 3.54. The average Bonchev–Trinajstić information content (AvgIpc) is 2.01. The number of nitrogens with one attached hydrogen (secondary N) is 1. The van der Waals surface area contributed by atoms with E-state index in [2.05, 4.69) is 10.1 Å². The highest BCUT2D eigenvalue weighted by Gasteiger charge is 2.07. The summed E-state index contributed by atoms with van der Waals surface area (Å²) in [6.45, 7) is 1.93. The second kappa shape index (κ2) is 6.12. The molecule has 2 N–H and O–H groups in total. The normalized spacial score (nSPS) is 12.6. The fraction of sp³-hybridized carbons (Fsp3) is 0.857. The molecular weight excluding hydrogens is 146 g/mol. The Morgan fingerprint density at radius 3 is 2.73 bits per heavy atom. The summed E-state index contributed by atoms with van der Waals surface area (Å²) in [4.78, 5) is 10.8. The van der Waals surface area contributed by atoms with E-state index in [0.717, 1.165) is 6.42 Å². The molecule has 4 nitrogen and oxygen atoms in total. The summed E-state index contributed by atoms with van der Waals surface area (Å²) < 4.78 is 4.60. The predicted molar refractivity (Wildman–Crippen MR) is 41.2 cm³/mol. The number of ether oxygens (including phenoxy) is 1. The summed E-state index contributed by atoms with van der Waals surface area (Å²) in [5.74, 6) is -0.187. The van der Waals surface area contributed by atoms with Gasteiger partial charge in [0.15, 0.2) is 0 Å². The van der Waals surface area contributed by atoms with Crippen LogP contribution in [0.2, 0.25) is 0 Å². The zero-order valence-corrected chi connectivity index (χ0v) is 6.96. The lowest BCUT2D eigenvalue weighted by atomic mass is 10.2. The van der Waals surface area contributed by atoms with Crippen molar-refractivity contribution in [3.05, 3.63) is 0 Å². The van der Waals surface area contributed by atoms with Gasteiger partial charge in [0.05, 0.1) is 12.6 Å². The van der Waals surface area contributed by atoms with Crippen molar-refractivity contribution in [1.29, 1.82) is 0 Å². The van der Waals surface area contributed by atoms with Crippen LogP contribution in [0.15, 0.2) is 0 Å². The van der Waals surface area contributed by atoms with Crippen LogP contribution >= 0.6 is 0 Å². The molecule has 0 aromatic carbocycles. The molecular formula is C7H15NO3. The fourth-order valence-corrected chi connectivity index (χ4v) is 0.677. The Labute approximate surface area is 66.5 Å². The highest BCUT2D eigenvalue weighted by Crippen LogP contribution is 1.87. The Morgan fingerprint density at radius 2 is 2.36 bits per heavy atom. The van der Waals surface area contributed by atoms with Crippen LogP contribution in [0, 0.1) is 0 Å². The Morgan fingerprint density at radius 1 is 1.73 bits per heavy atom. The number of carbonyl (C=O) groups is 1. The van der Waals surface area contributed by atoms with Gasteiger partial charge >= 0.3 is 0 Å². The van der Waals surface area contributed by atoms with E-state index in [1.54, 1.807) is 0 Å². The average molecular weight is 161 g/mol. The SMILES string of the molecule is CC[C@@H](CO)NC(=O)COC. The molecule has 0 rings (SSSR count). The van der Waals surface area contributed by atoms with Gasteiger partial charge in [0.1, 0.15) is 6.61 Å². The van der Waals surface area contributed by atoms with E-state index in [1.165, 1.54) is 7.11 Å². The first-order valence-electron chi connectivity index (χ1n) is 3.63. The minimum atomic E-state index is -0.187. The molecule has 0 spiro atoms. The van der Waals surface area contributed by atoms with E-state index in [1.807, 2.05) is 6.92 Å². The van der Waals surface area contributed by atoms with Crippen molar-refractivity contribution < 1.29 is 14.6 Å². The highest BCUT2D eigenvalue weighted by atomic mass is 16.5. The molecule has 11 heavy (non-hydrogen) atoms. The zero-order valence-electron chi connectivity index (χ0n) is 6.96. The van der Waals surface area contributed by atoms with E-state index in [-0.39, 0.29) is 25.2 Å². The van der Waals surface area contributed by atoms with Crippen molar-refractivity contribution in [2.24, 2.45) is 0 Å². The number of hydrogen-bond acceptors (Lipinski definition) is 3. The van der Waals surface area contributed by atoms with Gasteiger partial charge in [-0.2, -0.15) is 0 Å². The number of aliphatic hydroxyl groups excluding tert-OH is 1. The van der Waals surface area contributed by atoms with Gasteiger partial charge < -0.3 is 15.2 Å². The first kappa shape index (κ1) is 10.4. The largest absolute Gasteiger partial charge is 0.394 e. The smallest absolute Gasteiger partial charge is 0.246 e. The second-order valence-corrected chi connectivity index (χ2v) is 2.29. The Kier molecular flexibility index (Phi) is 5.78. The third kappa shape index (κ3) is 4.75. The fourth-order valence-electron chi connectivity index (χ4n) is 0.677. The second-order valence-electron chi connectivity index (χ2n) is 2.29. The monoisotopic (exact) mass is 161 g/mol. The van der Waals surface area contributed by atoms with Gasteiger partial charge in [-0.3, -0.25) is 4.79 Å². The summed E-state index contributed by atoms with van der Waals surface area (Å²) in [6, 6.07) is -0.141. The molecule has 0 unspecified atom stereocenters. The number of amides is 1. The topological polar surface area (TPSA) is 58.6 Å². The maximum absolute atomic E-state index is 10.8. The molecule has 0 aliphatic heterocycles. The van der Waals surface area contributed by atoms with Gasteiger partial charge in [-0.25, -0.2) is 0 Å². The molecule has 0 aromatic heterocycles. The van der Waals surface area contributed by atoms with Crippen LogP contribution in [0.1, 0.15) is 13.3 Å². The lowest BCUT2D eigenvalue weighted by molar-refractivity contribution is -0.125. The third-order valence-electron chi connectivity index (χ3n) is 1.35. The molecule has 0 fully saturated rings. The first-order chi connectivity index (χ1) is 5.24. The van der Waals surface area contributed by atoms with Crippen molar-refractivity contribution in [3.8, 4) is 0 Å². The van der Waals surface area contributed by atoms with E-state index in [4.69, 9.17) is 5.11 Å². The lowest BCUT2D eigenvalue weighted by Crippen LogP contribution is -2.38. The zero-order chi connectivity index (χ0) is 8.69. The first-order valence-corrected chi connectivity index (χ1v) is 3.63. The molecule has 0 aromatic rings. The van der Waals surface area contributed by atoms with Gasteiger partial charge in [-0.1, -0.05) is 6.92 Å². The van der Waals surface area contributed by atoms with E-state index >= 15 is 0 Å².